The average Bonchev–Trinajstić information content (AvgIpc) is 2.10. The first-order chi connectivity index (χ1) is 6.91. The molecule has 0 rings (SSSR count). The van der Waals surface area contributed by atoms with Gasteiger partial charge < -0.3 is 10.5 Å². The van der Waals surface area contributed by atoms with Crippen LogP contribution in [-0.2, 0) is 4.74 Å². The van der Waals surface area contributed by atoms with Crippen molar-refractivity contribution in [1.29, 1.82) is 0 Å². The molecule has 0 spiro atoms. The molecule has 0 saturated heterocycles. The first-order valence-electron chi connectivity index (χ1n) is 5.26. The van der Waals surface area contributed by atoms with Crippen molar-refractivity contribution in [2.45, 2.75) is 32.9 Å². The minimum Gasteiger partial charge on any atom is -0.380 e. The molecule has 15 heavy (non-hydrogen) atoms. The summed E-state index contributed by atoms with van der Waals surface area (Å²) in [5, 5.41) is 0. The van der Waals surface area contributed by atoms with Crippen molar-refractivity contribution in [3.63, 3.8) is 0 Å². The van der Waals surface area contributed by atoms with Gasteiger partial charge in [0, 0.05) is 13.2 Å². The van der Waals surface area contributed by atoms with Crippen LogP contribution in [0.3, 0.4) is 0 Å². The molecular weight excluding hydrogens is 207 g/mol. The van der Waals surface area contributed by atoms with Crippen molar-refractivity contribution >= 4 is 0 Å². The molecule has 0 radical (unpaired) electrons. The Morgan fingerprint density at radius 2 is 1.87 bits per heavy atom. The smallest absolute Gasteiger partial charge is 0.380 e. The highest BCUT2D eigenvalue weighted by molar-refractivity contribution is 4.67. The van der Waals surface area contributed by atoms with Crippen LogP contribution in [0.4, 0.5) is 13.2 Å². The average molecular weight is 227 g/mol. The summed E-state index contributed by atoms with van der Waals surface area (Å²) in [6, 6.07) is 0. The molecule has 0 amide bonds. The van der Waals surface area contributed by atoms with Gasteiger partial charge in [0.2, 0.25) is 0 Å². The number of hydrogen-bond acceptors (Lipinski definition) is 2. The van der Waals surface area contributed by atoms with Gasteiger partial charge in [0.05, 0.1) is 12.5 Å². The second-order valence-corrected chi connectivity index (χ2v) is 3.91. The molecule has 0 aliphatic heterocycles. The van der Waals surface area contributed by atoms with Crippen molar-refractivity contribution in [3.8, 4) is 0 Å². The molecule has 0 aromatic rings. The molecule has 0 saturated carbocycles. The van der Waals surface area contributed by atoms with Crippen LogP contribution in [-0.4, -0.2) is 25.9 Å². The van der Waals surface area contributed by atoms with Gasteiger partial charge in [-0.2, -0.15) is 13.2 Å². The summed E-state index contributed by atoms with van der Waals surface area (Å²) < 4.78 is 41.7. The Hall–Kier alpha value is -0.290. The lowest BCUT2D eigenvalue weighted by atomic mass is 10.1. The lowest BCUT2D eigenvalue weighted by molar-refractivity contribution is -0.186. The van der Waals surface area contributed by atoms with E-state index >= 15 is 0 Å². The van der Waals surface area contributed by atoms with Gasteiger partial charge in [-0.05, 0) is 12.3 Å². The summed E-state index contributed by atoms with van der Waals surface area (Å²) >= 11 is 0. The number of nitrogens with two attached hydrogens (primary N) is 1. The van der Waals surface area contributed by atoms with E-state index in [1.807, 2.05) is 13.8 Å². The molecule has 0 aliphatic carbocycles. The van der Waals surface area contributed by atoms with Gasteiger partial charge in [-0.1, -0.05) is 20.3 Å². The van der Waals surface area contributed by atoms with E-state index in [1.54, 1.807) is 0 Å². The van der Waals surface area contributed by atoms with E-state index in [-0.39, 0.29) is 6.61 Å². The summed E-state index contributed by atoms with van der Waals surface area (Å²) in [6.45, 7) is 3.64. The summed E-state index contributed by atoms with van der Waals surface area (Å²) in [7, 11) is 0. The largest absolute Gasteiger partial charge is 0.395 e. The molecular formula is C10H20F3NO. The van der Waals surface area contributed by atoms with Crippen LogP contribution < -0.4 is 5.73 Å². The molecule has 5 heteroatoms. The normalized spacial score (nSPS) is 16.4. The Morgan fingerprint density at radius 1 is 1.27 bits per heavy atom. The van der Waals surface area contributed by atoms with Crippen molar-refractivity contribution in [2.75, 3.05) is 19.8 Å². The van der Waals surface area contributed by atoms with Crippen LogP contribution in [0.5, 0.6) is 0 Å². The first kappa shape index (κ1) is 14.7. The predicted molar refractivity (Wildman–Crippen MR) is 53.5 cm³/mol. The van der Waals surface area contributed by atoms with E-state index < -0.39 is 18.6 Å². The summed E-state index contributed by atoms with van der Waals surface area (Å²) in [4.78, 5) is 0. The fourth-order valence-electron chi connectivity index (χ4n) is 1.28. The SMILES string of the molecule is CCCC(C)COCC(CN)C(F)(F)F. The van der Waals surface area contributed by atoms with Crippen LogP contribution >= 0.6 is 0 Å². The topological polar surface area (TPSA) is 35.2 Å². The van der Waals surface area contributed by atoms with Crippen LogP contribution in [0.25, 0.3) is 0 Å². The molecule has 0 heterocycles. The monoisotopic (exact) mass is 227 g/mol. The molecule has 2 atom stereocenters. The lowest BCUT2D eigenvalue weighted by Gasteiger charge is -2.19. The van der Waals surface area contributed by atoms with Crippen molar-refractivity contribution < 1.29 is 17.9 Å². The molecule has 92 valence electrons. The third-order valence-electron chi connectivity index (χ3n) is 2.25. The minimum absolute atomic E-state index is 0.307. The first-order valence-corrected chi connectivity index (χ1v) is 5.26. The highest BCUT2D eigenvalue weighted by Crippen LogP contribution is 2.25. The minimum atomic E-state index is -4.25. The number of ether oxygens (including phenoxy) is 1. The Kier molecular flexibility index (Phi) is 6.92. The number of halogens is 3. The number of rotatable bonds is 7. The van der Waals surface area contributed by atoms with Crippen LogP contribution in [0.1, 0.15) is 26.7 Å². The predicted octanol–water partition coefficient (Wildman–Crippen LogP) is 2.58. The van der Waals surface area contributed by atoms with Gasteiger partial charge in [-0.25, -0.2) is 0 Å². The van der Waals surface area contributed by atoms with E-state index in [2.05, 4.69) is 0 Å². The molecule has 2 N–H and O–H groups in total. The van der Waals surface area contributed by atoms with Crippen LogP contribution in [0.15, 0.2) is 0 Å². The van der Waals surface area contributed by atoms with Gasteiger partial charge in [0.15, 0.2) is 0 Å². The lowest BCUT2D eigenvalue weighted by Crippen LogP contribution is -2.34. The van der Waals surface area contributed by atoms with E-state index in [0.29, 0.717) is 12.5 Å². The summed E-state index contributed by atoms with van der Waals surface area (Å²) in [5.74, 6) is -1.23. The number of hydrogen-bond donors (Lipinski definition) is 1. The molecule has 0 aromatic heterocycles. The molecule has 0 bridgehead atoms. The van der Waals surface area contributed by atoms with Crippen molar-refractivity contribution in [3.05, 3.63) is 0 Å². The summed E-state index contributed by atoms with van der Waals surface area (Å²) in [5.41, 5.74) is 5.03. The highest BCUT2D eigenvalue weighted by Gasteiger charge is 2.38. The van der Waals surface area contributed by atoms with Gasteiger partial charge in [0.25, 0.3) is 0 Å². The third kappa shape index (κ3) is 6.73. The Labute approximate surface area is 89.0 Å². The molecule has 0 fully saturated rings. The van der Waals surface area contributed by atoms with Crippen molar-refractivity contribution in [2.24, 2.45) is 17.6 Å². The van der Waals surface area contributed by atoms with Crippen molar-refractivity contribution in [1.82, 2.24) is 0 Å². The van der Waals surface area contributed by atoms with Gasteiger partial charge in [0.1, 0.15) is 0 Å². The van der Waals surface area contributed by atoms with E-state index in [0.717, 1.165) is 12.8 Å². The molecule has 0 aliphatic rings. The quantitative estimate of drug-likeness (QED) is 0.725. The number of alkyl halides is 3. The molecule has 0 aromatic carbocycles. The Balaban J connectivity index is 3.73. The maximum atomic E-state index is 12.2. The van der Waals surface area contributed by atoms with Crippen LogP contribution in [0, 0.1) is 11.8 Å². The zero-order chi connectivity index (χ0) is 11.9. The maximum Gasteiger partial charge on any atom is 0.395 e. The van der Waals surface area contributed by atoms with Crippen LogP contribution in [0.2, 0.25) is 0 Å². The third-order valence-corrected chi connectivity index (χ3v) is 2.25. The maximum absolute atomic E-state index is 12.2. The molecule has 2 unspecified atom stereocenters. The van der Waals surface area contributed by atoms with E-state index in [1.165, 1.54) is 0 Å². The van der Waals surface area contributed by atoms with Gasteiger partial charge >= 0.3 is 6.18 Å². The standard InChI is InChI=1S/C10H20F3NO/c1-3-4-8(2)6-15-7-9(5-14)10(11,12)13/h8-9H,3-7,14H2,1-2H3. The van der Waals surface area contributed by atoms with Gasteiger partial charge in [-0.3, -0.25) is 0 Å². The zero-order valence-electron chi connectivity index (χ0n) is 9.31. The molecule has 2 nitrogen and oxygen atoms in total. The van der Waals surface area contributed by atoms with E-state index in [9.17, 15) is 13.2 Å². The highest BCUT2D eigenvalue weighted by atomic mass is 19.4. The van der Waals surface area contributed by atoms with E-state index in [4.69, 9.17) is 10.5 Å². The summed E-state index contributed by atoms with van der Waals surface area (Å²) in [6.07, 6.45) is -2.26. The fraction of sp³-hybridized carbons (Fsp3) is 1.00. The Bertz CT molecular complexity index is 161. The second kappa shape index (κ2) is 7.06. The van der Waals surface area contributed by atoms with Gasteiger partial charge in [-0.15, -0.1) is 0 Å². The second-order valence-electron chi connectivity index (χ2n) is 3.91. The Morgan fingerprint density at radius 3 is 2.27 bits per heavy atom. The fourth-order valence-corrected chi connectivity index (χ4v) is 1.28. The zero-order valence-corrected chi connectivity index (χ0v) is 9.31.